The number of nitrogens with one attached hydrogen (secondary N) is 1. The highest BCUT2D eigenvalue weighted by Crippen LogP contribution is 2.19. The molecule has 0 fully saturated rings. The van der Waals surface area contributed by atoms with Gasteiger partial charge in [0.25, 0.3) is 0 Å². The van der Waals surface area contributed by atoms with Gasteiger partial charge in [0.15, 0.2) is 0 Å². The van der Waals surface area contributed by atoms with Crippen molar-refractivity contribution in [1.82, 2.24) is 15.1 Å². The van der Waals surface area contributed by atoms with Gasteiger partial charge >= 0.3 is 0 Å². The monoisotopic (exact) mass is 258 g/mol. The minimum absolute atomic E-state index is 0.387. The Balaban J connectivity index is 2.05. The average molecular weight is 258 g/mol. The van der Waals surface area contributed by atoms with Crippen LogP contribution in [0.4, 0.5) is 5.69 Å². The van der Waals surface area contributed by atoms with E-state index in [1.165, 1.54) is 16.8 Å². The Bertz CT molecular complexity index is 515. The predicted octanol–water partition coefficient (Wildman–Crippen LogP) is 2.34. The molecule has 2 rings (SSSR count). The zero-order chi connectivity index (χ0) is 13.8. The molecule has 102 valence electrons. The van der Waals surface area contributed by atoms with E-state index in [2.05, 4.69) is 53.6 Å². The van der Waals surface area contributed by atoms with E-state index in [0.717, 1.165) is 6.54 Å². The fraction of sp³-hybridized carbons (Fsp3) is 0.400. The standard InChI is InChI=1S/C15H22N4/c1-12(16-2)14-5-7-15(8-6-14)18(3)10-13-9-17-19(4)11-13/h5-9,11-12,16H,10H2,1-4H3. The molecule has 4 nitrogen and oxygen atoms in total. The summed E-state index contributed by atoms with van der Waals surface area (Å²) >= 11 is 0. The van der Waals surface area contributed by atoms with Crippen LogP contribution in [0.15, 0.2) is 36.7 Å². The molecule has 0 spiro atoms. The molecule has 4 heteroatoms. The van der Waals surface area contributed by atoms with Crippen LogP contribution in [0.2, 0.25) is 0 Å². The van der Waals surface area contributed by atoms with Crippen molar-refractivity contribution in [2.45, 2.75) is 19.5 Å². The van der Waals surface area contributed by atoms with Crippen molar-refractivity contribution >= 4 is 5.69 Å². The lowest BCUT2D eigenvalue weighted by molar-refractivity contribution is 0.652. The first-order chi connectivity index (χ1) is 9.10. The first-order valence-corrected chi connectivity index (χ1v) is 6.56. The lowest BCUT2D eigenvalue weighted by atomic mass is 10.1. The van der Waals surface area contributed by atoms with Gasteiger partial charge in [0, 0.05) is 44.1 Å². The molecule has 1 atom stereocenters. The minimum atomic E-state index is 0.387. The van der Waals surface area contributed by atoms with E-state index >= 15 is 0 Å². The van der Waals surface area contributed by atoms with Gasteiger partial charge in [-0.1, -0.05) is 12.1 Å². The number of aryl methyl sites for hydroxylation is 1. The molecule has 1 aromatic heterocycles. The summed E-state index contributed by atoms with van der Waals surface area (Å²) in [4.78, 5) is 2.23. The number of aromatic nitrogens is 2. The fourth-order valence-electron chi connectivity index (χ4n) is 2.10. The number of hydrogen-bond donors (Lipinski definition) is 1. The molecule has 1 N–H and O–H groups in total. The first-order valence-electron chi connectivity index (χ1n) is 6.56. The Kier molecular flexibility index (Phi) is 4.22. The molecule has 19 heavy (non-hydrogen) atoms. The normalized spacial score (nSPS) is 12.4. The number of hydrogen-bond acceptors (Lipinski definition) is 3. The summed E-state index contributed by atoms with van der Waals surface area (Å²) < 4.78 is 1.83. The van der Waals surface area contributed by atoms with Crippen molar-refractivity contribution in [3.05, 3.63) is 47.8 Å². The van der Waals surface area contributed by atoms with Crippen LogP contribution in [0.3, 0.4) is 0 Å². The van der Waals surface area contributed by atoms with Crippen LogP contribution in [0.1, 0.15) is 24.1 Å². The van der Waals surface area contributed by atoms with Gasteiger partial charge in [-0.05, 0) is 31.7 Å². The number of anilines is 1. The highest BCUT2D eigenvalue weighted by atomic mass is 15.2. The molecule has 0 aliphatic rings. The van der Waals surface area contributed by atoms with Gasteiger partial charge in [0.05, 0.1) is 6.20 Å². The molecule has 2 aromatic rings. The Hall–Kier alpha value is -1.81. The van der Waals surface area contributed by atoms with Crippen LogP contribution in [-0.2, 0) is 13.6 Å². The van der Waals surface area contributed by atoms with Crippen LogP contribution in [-0.4, -0.2) is 23.9 Å². The number of rotatable bonds is 5. The Morgan fingerprint density at radius 2 is 2.00 bits per heavy atom. The van der Waals surface area contributed by atoms with Crippen molar-refractivity contribution in [2.75, 3.05) is 19.0 Å². The third-order valence-electron chi connectivity index (χ3n) is 3.44. The van der Waals surface area contributed by atoms with Gasteiger partial charge in [0.2, 0.25) is 0 Å². The molecular weight excluding hydrogens is 236 g/mol. The number of benzene rings is 1. The molecule has 0 aliphatic heterocycles. The van der Waals surface area contributed by atoms with E-state index in [4.69, 9.17) is 0 Å². The highest BCUT2D eigenvalue weighted by molar-refractivity contribution is 5.47. The van der Waals surface area contributed by atoms with Gasteiger partial charge in [-0.3, -0.25) is 4.68 Å². The zero-order valence-corrected chi connectivity index (χ0v) is 12.1. The maximum absolute atomic E-state index is 4.19. The number of nitrogens with zero attached hydrogens (tertiary/aromatic N) is 3. The maximum Gasteiger partial charge on any atom is 0.0539 e. The zero-order valence-electron chi connectivity index (χ0n) is 12.1. The van der Waals surface area contributed by atoms with E-state index in [1.807, 2.05) is 31.2 Å². The van der Waals surface area contributed by atoms with Crippen molar-refractivity contribution in [1.29, 1.82) is 0 Å². The molecule has 1 heterocycles. The average Bonchev–Trinajstić information content (AvgIpc) is 2.83. The van der Waals surface area contributed by atoms with Crippen molar-refractivity contribution in [3.63, 3.8) is 0 Å². The summed E-state index contributed by atoms with van der Waals surface area (Å²) in [6.07, 6.45) is 3.96. The summed E-state index contributed by atoms with van der Waals surface area (Å²) in [6, 6.07) is 9.07. The third kappa shape index (κ3) is 3.35. The molecule has 1 aromatic carbocycles. The van der Waals surface area contributed by atoms with Crippen LogP contribution < -0.4 is 10.2 Å². The molecule has 0 radical (unpaired) electrons. The predicted molar refractivity (Wildman–Crippen MR) is 79.2 cm³/mol. The second-order valence-electron chi connectivity index (χ2n) is 4.98. The van der Waals surface area contributed by atoms with Crippen LogP contribution >= 0.6 is 0 Å². The summed E-state index contributed by atoms with van der Waals surface area (Å²) in [7, 11) is 6.02. The Morgan fingerprint density at radius 3 is 2.53 bits per heavy atom. The first kappa shape index (κ1) is 13.6. The van der Waals surface area contributed by atoms with Crippen molar-refractivity contribution in [2.24, 2.45) is 7.05 Å². The van der Waals surface area contributed by atoms with Crippen LogP contribution in [0.25, 0.3) is 0 Å². The van der Waals surface area contributed by atoms with Gasteiger partial charge in [-0.2, -0.15) is 5.10 Å². The quantitative estimate of drug-likeness (QED) is 0.893. The third-order valence-corrected chi connectivity index (χ3v) is 3.44. The molecule has 1 unspecified atom stereocenters. The molecule has 0 saturated carbocycles. The van der Waals surface area contributed by atoms with Gasteiger partial charge in [-0.25, -0.2) is 0 Å². The van der Waals surface area contributed by atoms with Crippen molar-refractivity contribution in [3.8, 4) is 0 Å². The van der Waals surface area contributed by atoms with E-state index in [1.54, 1.807) is 0 Å². The van der Waals surface area contributed by atoms with Crippen molar-refractivity contribution < 1.29 is 0 Å². The summed E-state index contributed by atoms with van der Waals surface area (Å²) in [6.45, 7) is 3.03. The Labute approximate surface area is 115 Å². The van der Waals surface area contributed by atoms with Crippen LogP contribution in [0.5, 0.6) is 0 Å². The lowest BCUT2D eigenvalue weighted by Crippen LogP contribution is -2.16. The molecular formula is C15H22N4. The van der Waals surface area contributed by atoms with Gasteiger partial charge in [-0.15, -0.1) is 0 Å². The SMILES string of the molecule is CNC(C)c1ccc(N(C)Cc2cnn(C)c2)cc1. The molecule has 0 amide bonds. The van der Waals surface area contributed by atoms with E-state index in [-0.39, 0.29) is 0 Å². The smallest absolute Gasteiger partial charge is 0.0539 e. The van der Waals surface area contributed by atoms with E-state index in [0.29, 0.717) is 6.04 Å². The topological polar surface area (TPSA) is 33.1 Å². The molecule has 0 saturated heterocycles. The summed E-state index contributed by atoms with van der Waals surface area (Å²) in [5.41, 5.74) is 3.75. The second-order valence-corrected chi connectivity index (χ2v) is 4.98. The molecule has 0 bridgehead atoms. The summed E-state index contributed by atoms with van der Waals surface area (Å²) in [5, 5.41) is 7.44. The van der Waals surface area contributed by atoms with E-state index in [9.17, 15) is 0 Å². The fourth-order valence-corrected chi connectivity index (χ4v) is 2.10. The molecule has 0 aliphatic carbocycles. The highest BCUT2D eigenvalue weighted by Gasteiger charge is 2.06. The second kappa shape index (κ2) is 5.89. The maximum atomic E-state index is 4.19. The largest absolute Gasteiger partial charge is 0.370 e. The van der Waals surface area contributed by atoms with Crippen LogP contribution in [0, 0.1) is 0 Å². The lowest BCUT2D eigenvalue weighted by Gasteiger charge is -2.19. The van der Waals surface area contributed by atoms with Gasteiger partial charge in [0.1, 0.15) is 0 Å². The summed E-state index contributed by atoms with van der Waals surface area (Å²) in [5.74, 6) is 0. The Morgan fingerprint density at radius 1 is 1.32 bits per heavy atom. The minimum Gasteiger partial charge on any atom is -0.370 e. The van der Waals surface area contributed by atoms with Gasteiger partial charge < -0.3 is 10.2 Å². The van der Waals surface area contributed by atoms with E-state index < -0.39 is 0 Å².